The van der Waals surface area contributed by atoms with E-state index < -0.39 is 0 Å². The summed E-state index contributed by atoms with van der Waals surface area (Å²) in [5.41, 5.74) is 0.756. The summed E-state index contributed by atoms with van der Waals surface area (Å²) in [6.07, 6.45) is 9.79. The monoisotopic (exact) mass is 370 g/mol. The van der Waals surface area contributed by atoms with Crippen LogP contribution in [0.4, 0.5) is 0 Å². The van der Waals surface area contributed by atoms with Gasteiger partial charge in [-0.3, -0.25) is 9.78 Å². The van der Waals surface area contributed by atoms with Gasteiger partial charge in [0.2, 0.25) is 5.91 Å². The average molecular weight is 371 g/mol. The topological polar surface area (TPSA) is 51.2 Å². The molecule has 1 aliphatic heterocycles. The van der Waals surface area contributed by atoms with E-state index in [4.69, 9.17) is 4.74 Å². The molecule has 2 aromatic rings. The Hall–Kier alpha value is -1.72. The maximum atomic E-state index is 13.5. The molecule has 1 saturated heterocycles. The van der Waals surface area contributed by atoms with Crippen LogP contribution in [0.5, 0.6) is 0 Å². The maximum absolute atomic E-state index is 13.5. The van der Waals surface area contributed by atoms with E-state index in [-0.39, 0.29) is 17.4 Å². The highest BCUT2D eigenvalue weighted by molar-refractivity contribution is 7.10. The number of carbonyl (C=O) groups is 1. The van der Waals surface area contributed by atoms with E-state index in [0.717, 1.165) is 57.3 Å². The Balaban J connectivity index is 1.61. The van der Waals surface area contributed by atoms with Gasteiger partial charge in [0.25, 0.3) is 0 Å². The Morgan fingerprint density at radius 3 is 2.69 bits per heavy atom. The molecule has 2 aliphatic rings. The number of rotatable bonds is 5. The molecule has 0 radical (unpaired) electrons. The van der Waals surface area contributed by atoms with Crippen LogP contribution in [-0.2, 0) is 14.9 Å². The van der Waals surface area contributed by atoms with Crippen molar-refractivity contribution >= 4 is 17.2 Å². The second-order valence-electron chi connectivity index (χ2n) is 7.45. The molecular formula is C21H26N2O2S. The van der Waals surface area contributed by atoms with E-state index in [1.807, 2.05) is 12.3 Å². The Labute approximate surface area is 159 Å². The van der Waals surface area contributed by atoms with Crippen LogP contribution in [0.1, 0.15) is 55.0 Å². The molecule has 2 aromatic heterocycles. The number of thiophene rings is 1. The molecule has 1 aliphatic carbocycles. The number of nitrogens with zero attached hydrogens (tertiary/aromatic N) is 1. The van der Waals surface area contributed by atoms with E-state index in [2.05, 4.69) is 33.9 Å². The first-order chi connectivity index (χ1) is 12.8. The van der Waals surface area contributed by atoms with E-state index in [9.17, 15) is 4.79 Å². The predicted molar refractivity (Wildman–Crippen MR) is 103 cm³/mol. The summed E-state index contributed by atoms with van der Waals surface area (Å²) >= 11 is 1.71. The molecule has 4 rings (SSSR count). The molecule has 1 saturated carbocycles. The van der Waals surface area contributed by atoms with Crippen LogP contribution in [-0.4, -0.2) is 24.1 Å². The van der Waals surface area contributed by atoms with Crippen LogP contribution in [0.25, 0.3) is 0 Å². The fraction of sp³-hybridized carbons (Fsp3) is 0.524. The first kappa shape index (κ1) is 17.7. The molecule has 0 spiro atoms. The number of hydrogen-bond acceptors (Lipinski definition) is 4. The van der Waals surface area contributed by atoms with Gasteiger partial charge < -0.3 is 10.1 Å². The zero-order valence-corrected chi connectivity index (χ0v) is 15.8. The normalized spacial score (nSPS) is 21.4. The minimum absolute atomic E-state index is 0.0116. The third kappa shape index (κ3) is 3.42. The average Bonchev–Trinajstić information content (AvgIpc) is 3.39. The number of pyridine rings is 1. The molecule has 1 amide bonds. The van der Waals surface area contributed by atoms with E-state index in [0.29, 0.717) is 5.92 Å². The summed E-state index contributed by atoms with van der Waals surface area (Å²) in [4.78, 5) is 19.0. The highest BCUT2D eigenvalue weighted by Gasteiger charge is 2.44. The smallest absolute Gasteiger partial charge is 0.231 e. The van der Waals surface area contributed by atoms with Crippen LogP contribution in [0.2, 0.25) is 0 Å². The summed E-state index contributed by atoms with van der Waals surface area (Å²) in [6, 6.07) is 8.24. The van der Waals surface area contributed by atoms with Crippen molar-refractivity contribution in [1.29, 1.82) is 0 Å². The van der Waals surface area contributed by atoms with Crippen molar-refractivity contribution in [3.8, 4) is 0 Å². The summed E-state index contributed by atoms with van der Waals surface area (Å²) in [7, 11) is 0. The fourth-order valence-electron chi connectivity index (χ4n) is 4.48. The third-order valence-electron chi connectivity index (χ3n) is 5.95. The molecule has 1 unspecified atom stereocenters. The minimum Gasteiger partial charge on any atom is -0.381 e. The van der Waals surface area contributed by atoms with Gasteiger partial charge in [-0.05, 0) is 54.7 Å². The Bertz CT molecular complexity index is 705. The van der Waals surface area contributed by atoms with Crippen LogP contribution in [0.3, 0.4) is 0 Å². The molecule has 0 bridgehead atoms. The van der Waals surface area contributed by atoms with Crippen molar-refractivity contribution in [1.82, 2.24) is 10.3 Å². The second kappa shape index (κ2) is 7.89. The van der Waals surface area contributed by atoms with Crippen molar-refractivity contribution in [2.45, 2.75) is 50.0 Å². The third-order valence-corrected chi connectivity index (χ3v) is 7.03. The molecule has 138 valence electrons. The van der Waals surface area contributed by atoms with Gasteiger partial charge in [0.05, 0.1) is 11.5 Å². The Morgan fingerprint density at radius 2 is 2.04 bits per heavy atom. The first-order valence-electron chi connectivity index (χ1n) is 9.62. The Morgan fingerprint density at radius 1 is 1.23 bits per heavy atom. The zero-order valence-electron chi connectivity index (χ0n) is 15.0. The summed E-state index contributed by atoms with van der Waals surface area (Å²) in [6.45, 7) is 1.54. The lowest BCUT2D eigenvalue weighted by Crippen LogP contribution is -2.46. The van der Waals surface area contributed by atoms with Crippen LogP contribution in [0, 0.1) is 5.92 Å². The van der Waals surface area contributed by atoms with Gasteiger partial charge in [0.15, 0.2) is 0 Å². The number of nitrogens with one attached hydrogen (secondary N) is 1. The second-order valence-corrected chi connectivity index (χ2v) is 8.40. The highest BCUT2D eigenvalue weighted by Crippen LogP contribution is 2.44. The van der Waals surface area contributed by atoms with Crippen LogP contribution in [0.15, 0.2) is 42.0 Å². The summed E-state index contributed by atoms with van der Waals surface area (Å²) < 4.78 is 5.54. The van der Waals surface area contributed by atoms with Gasteiger partial charge in [0.1, 0.15) is 0 Å². The lowest BCUT2D eigenvalue weighted by Gasteiger charge is -2.35. The molecule has 4 nitrogen and oxygen atoms in total. The maximum Gasteiger partial charge on any atom is 0.231 e. The SMILES string of the molecule is O=C(NC(c1cccnc1)C1CCOCC1)C1(c2cccs2)CCCC1. The van der Waals surface area contributed by atoms with Crippen molar-refractivity contribution < 1.29 is 9.53 Å². The number of hydrogen-bond donors (Lipinski definition) is 1. The van der Waals surface area contributed by atoms with Gasteiger partial charge in [-0.2, -0.15) is 0 Å². The number of aromatic nitrogens is 1. The van der Waals surface area contributed by atoms with Gasteiger partial charge in [0, 0.05) is 30.5 Å². The van der Waals surface area contributed by atoms with Crippen LogP contribution < -0.4 is 5.32 Å². The fourth-order valence-corrected chi connectivity index (χ4v) is 5.46. The number of amides is 1. The molecule has 3 heterocycles. The zero-order chi connectivity index (χ0) is 17.8. The van der Waals surface area contributed by atoms with E-state index in [1.54, 1.807) is 17.5 Å². The summed E-state index contributed by atoms with van der Waals surface area (Å²) in [5.74, 6) is 0.594. The standard InChI is InChI=1S/C21H26N2O2S/c24-20(21(9-1-2-10-21)18-6-4-14-26-18)23-19(16-7-12-25-13-8-16)17-5-3-11-22-15-17/h3-6,11,14-16,19H,1-2,7-10,12-13H2,(H,23,24). The van der Waals surface area contributed by atoms with Crippen molar-refractivity contribution in [3.63, 3.8) is 0 Å². The molecule has 2 fully saturated rings. The lowest BCUT2D eigenvalue weighted by molar-refractivity contribution is -0.128. The van der Waals surface area contributed by atoms with Gasteiger partial charge in [-0.15, -0.1) is 11.3 Å². The number of ether oxygens (including phenoxy) is 1. The minimum atomic E-state index is -0.347. The summed E-state index contributed by atoms with van der Waals surface area (Å²) in [5, 5.41) is 5.53. The van der Waals surface area contributed by atoms with Gasteiger partial charge in [-0.25, -0.2) is 0 Å². The predicted octanol–water partition coefficient (Wildman–Crippen LogP) is 4.24. The van der Waals surface area contributed by atoms with Crippen LogP contribution >= 0.6 is 11.3 Å². The molecule has 5 heteroatoms. The molecular weight excluding hydrogens is 344 g/mol. The first-order valence-corrected chi connectivity index (χ1v) is 10.5. The van der Waals surface area contributed by atoms with Crippen molar-refractivity contribution in [2.24, 2.45) is 5.92 Å². The van der Waals surface area contributed by atoms with E-state index in [1.165, 1.54) is 4.88 Å². The molecule has 26 heavy (non-hydrogen) atoms. The quantitative estimate of drug-likeness (QED) is 0.856. The van der Waals surface area contributed by atoms with Crippen molar-refractivity contribution in [2.75, 3.05) is 13.2 Å². The largest absolute Gasteiger partial charge is 0.381 e. The molecule has 1 N–H and O–H groups in total. The van der Waals surface area contributed by atoms with E-state index >= 15 is 0 Å². The van der Waals surface area contributed by atoms with Gasteiger partial charge in [-0.1, -0.05) is 25.0 Å². The lowest BCUT2D eigenvalue weighted by atomic mass is 9.81. The number of carbonyl (C=O) groups excluding carboxylic acids is 1. The highest BCUT2D eigenvalue weighted by atomic mass is 32.1. The Kier molecular flexibility index (Phi) is 5.36. The van der Waals surface area contributed by atoms with Crippen molar-refractivity contribution in [3.05, 3.63) is 52.5 Å². The van der Waals surface area contributed by atoms with Gasteiger partial charge >= 0.3 is 0 Å². The molecule has 1 atom stereocenters. The molecule has 0 aromatic carbocycles.